The maximum atomic E-state index is 6.95. The van der Waals surface area contributed by atoms with Gasteiger partial charge in [-0.1, -0.05) is 90.9 Å². The van der Waals surface area contributed by atoms with Gasteiger partial charge in [-0.3, -0.25) is 9.46 Å². The van der Waals surface area contributed by atoms with Crippen molar-refractivity contribution in [1.82, 2.24) is 0 Å². The van der Waals surface area contributed by atoms with Crippen molar-refractivity contribution in [3.63, 3.8) is 0 Å². The van der Waals surface area contributed by atoms with Crippen LogP contribution in [0, 0.1) is 0 Å². The Balaban J connectivity index is 4.45. The molecule has 9 heteroatoms. The summed E-state index contributed by atoms with van der Waals surface area (Å²) in [5.41, 5.74) is 0.546. The van der Waals surface area contributed by atoms with Crippen LogP contribution in [-0.2, 0) is 22.1 Å². The third-order valence-electron chi connectivity index (χ3n) is 6.24. The molecule has 0 spiro atoms. The van der Waals surface area contributed by atoms with Gasteiger partial charge in [0, 0.05) is 7.11 Å². The Bertz CT molecular complexity index is 468. The van der Waals surface area contributed by atoms with E-state index in [0.717, 1.165) is 12.1 Å². The van der Waals surface area contributed by atoms with E-state index in [0.29, 0.717) is 5.54 Å². The topological polar surface area (TPSA) is 46.2 Å². The van der Waals surface area contributed by atoms with Gasteiger partial charge in [-0.2, -0.15) is 0 Å². The highest BCUT2D eigenvalue weighted by Gasteiger charge is 2.43. The Labute approximate surface area is 212 Å². The van der Waals surface area contributed by atoms with Crippen LogP contribution in [0.2, 0.25) is 50.4 Å². The second-order valence-corrected chi connectivity index (χ2v) is 24.6. The Hall–Kier alpha value is 0.668. The standard InChI is InChI=1S/C24H58O5Si4/c1-10-11-12-13-14-15-16-17-18-19-20-21-22-33(9,29-32(7,8)26-4)28-31(5,6)23-24(2)30-27-25-3/h24H,10-23,30H2,1-9H3. The molecule has 0 bridgehead atoms. The van der Waals surface area contributed by atoms with Crippen LogP contribution >= 0.6 is 0 Å². The molecular weight excluding hydrogens is 481 g/mol. The minimum atomic E-state index is -2.29. The van der Waals surface area contributed by atoms with E-state index < -0.39 is 35.2 Å². The van der Waals surface area contributed by atoms with Crippen molar-refractivity contribution < 1.29 is 22.1 Å². The number of hydrogen-bond acceptors (Lipinski definition) is 5. The Morgan fingerprint density at radius 1 is 0.697 bits per heavy atom. The molecule has 2 atom stereocenters. The predicted octanol–water partition coefficient (Wildman–Crippen LogP) is 7.82. The van der Waals surface area contributed by atoms with E-state index in [9.17, 15) is 0 Å². The molecule has 0 saturated heterocycles. The number of unbranched alkanes of at least 4 members (excludes halogenated alkanes) is 11. The highest BCUT2D eigenvalue weighted by Crippen LogP contribution is 2.31. The monoisotopic (exact) mass is 538 g/mol. The van der Waals surface area contributed by atoms with Crippen molar-refractivity contribution >= 4 is 35.2 Å². The van der Waals surface area contributed by atoms with Crippen molar-refractivity contribution in [1.29, 1.82) is 0 Å². The molecule has 0 fully saturated rings. The summed E-state index contributed by atoms with van der Waals surface area (Å²) >= 11 is 0. The lowest BCUT2D eigenvalue weighted by molar-refractivity contribution is -0.180. The maximum absolute atomic E-state index is 6.95. The normalized spacial score (nSPS) is 15.9. The summed E-state index contributed by atoms with van der Waals surface area (Å²) in [4.78, 5) is 4.84. The summed E-state index contributed by atoms with van der Waals surface area (Å²) in [5.74, 6) is 0. The largest absolute Gasteiger partial charge is 0.436 e. The zero-order valence-electron chi connectivity index (χ0n) is 23.7. The van der Waals surface area contributed by atoms with Crippen molar-refractivity contribution in [3.05, 3.63) is 0 Å². The molecule has 200 valence electrons. The van der Waals surface area contributed by atoms with E-state index >= 15 is 0 Å². The van der Waals surface area contributed by atoms with Crippen molar-refractivity contribution in [2.75, 3.05) is 14.2 Å². The quantitative estimate of drug-likeness (QED) is 0.0574. The van der Waals surface area contributed by atoms with Crippen LogP contribution in [0.25, 0.3) is 0 Å². The average molecular weight is 539 g/mol. The molecule has 0 radical (unpaired) electrons. The lowest BCUT2D eigenvalue weighted by atomic mass is 10.1. The molecule has 0 aromatic rings. The summed E-state index contributed by atoms with van der Waals surface area (Å²) in [5, 5.41) is 0. The zero-order chi connectivity index (χ0) is 25.2. The average Bonchev–Trinajstić information content (AvgIpc) is 2.71. The van der Waals surface area contributed by atoms with Crippen LogP contribution in [0.5, 0.6) is 0 Å². The van der Waals surface area contributed by atoms with Gasteiger partial charge in [-0.05, 0) is 50.4 Å². The van der Waals surface area contributed by atoms with Gasteiger partial charge in [-0.15, -0.1) is 0 Å². The summed E-state index contributed by atoms with van der Waals surface area (Å²) in [6.07, 6.45) is 16.4. The van der Waals surface area contributed by atoms with Crippen LogP contribution in [0.15, 0.2) is 0 Å². The summed E-state index contributed by atoms with van der Waals surface area (Å²) in [6, 6.07) is 2.17. The SMILES string of the molecule is CCCCCCCCCCCCCC[Si](C)(O[Si](C)(C)CC(C)[SiH2]OOC)O[Si](C)(C)OC. The second-order valence-electron chi connectivity index (χ2n) is 11.1. The molecule has 0 aliphatic rings. The molecule has 5 nitrogen and oxygen atoms in total. The van der Waals surface area contributed by atoms with Crippen LogP contribution in [0.4, 0.5) is 0 Å². The number of rotatable bonds is 23. The van der Waals surface area contributed by atoms with Crippen LogP contribution in [0.1, 0.15) is 90.9 Å². The molecule has 0 N–H and O–H groups in total. The zero-order valence-corrected chi connectivity index (χ0v) is 28.1. The van der Waals surface area contributed by atoms with Crippen LogP contribution in [0.3, 0.4) is 0 Å². The summed E-state index contributed by atoms with van der Waals surface area (Å²) in [7, 11) is -3.61. The van der Waals surface area contributed by atoms with Crippen molar-refractivity contribution in [2.45, 2.75) is 141 Å². The Morgan fingerprint density at radius 3 is 1.64 bits per heavy atom. The summed E-state index contributed by atoms with van der Waals surface area (Å²) < 4.78 is 24.7. The van der Waals surface area contributed by atoms with Crippen LogP contribution < -0.4 is 0 Å². The Kier molecular flexibility index (Phi) is 19.3. The van der Waals surface area contributed by atoms with E-state index in [1.54, 1.807) is 14.2 Å². The minimum Gasteiger partial charge on any atom is -0.436 e. The van der Waals surface area contributed by atoms with E-state index in [1.165, 1.54) is 77.0 Å². The highest BCUT2D eigenvalue weighted by molar-refractivity contribution is 6.87. The summed E-state index contributed by atoms with van der Waals surface area (Å²) in [6.45, 7) is 15.8. The van der Waals surface area contributed by atoms with Gasteiger partial charge in [0.2, 0.25) is 9.76 Å². The van der Waals surface area contributed by atoms with Gasteiger partial charge in [-0.25, -0.2) is 0 Å². The first-order valence-electron chi connectivity index (χ1n) is 13.6. The fourth-order valence-corrected chi connectivity index (χ4v) is 21.0. The van der Waals surface area contributed by atoms with Gasteiger partial charge in [0.1, 0.15) is 0 Å². The molecule has 0 aliphatic carbocycles. The van der Waals surface area contributed by atoms with E-state index in [-0.39, 0.29) is 0 Å². The second kappa shape index (κ2) is 18.9. The van der Waals surface area contributed by atoms with Gasteiger partial charge < -0.3 is 12.7 Å². The van der Waals surface area contributed by atoms with E-state index in [4.69, 9.17) is 22.1 Å². The smallest absolute Gasteiger partial charge is 0.322 e. The van der Waals surface area contributed by atoms with Crippen LogP contribution in [-0.4, -0.2) is 49.4 Å². The Morgan fingerprint density at radius 2 is 1.18 bits per heavy atom. The molecule has 0 heterocycles. The first-order valence-corrected chi connectivity index (χ1v) is 23.4. The lowest BCUT2D eigenvalue weighted by Gasteiger charge is -2.40. The molecule has 0 rings (SSSR count). The number of hydrogen-bond donors (Lipinski definition) is 0. The highest BCUT2D eigenvalue weighted by atomic mass is 28.5. The minimum absolute atomic E-state index is 0.546. The molecule has 0 aromatic carbocycles. The van der Waals surface area contributed by atoms with Crippen molar-refractivity contribution in [2.24, 2.45) is 0 Å². The molecule has 0 saturated carbocycles. The fraction of sp³-hybridized carbons (Fsp3) is 1.00. The van der Waals surface area contributed by atoms with Gasteiger partial charge in [0.15, 0.2) is 8.32 Å². The third-order valence-corrected chi connectivity index (χ3v) is 19.6. The molecule has 0 aliphatic heterocycles. The molecule has 0 aromatic heterocycles. The fourth-order valence-electron chi connectivity index (χ4n) is 4.68. The van der Waals surface area contributed by atoms with Crippen molar-refractivity contribution in [3.8, 4) is 0 Å². The first kappa shape index (κ1) is 33.7. The maximum Gasteiger partial charge on any atom is 0.322 e. The van der Waals surface area contributed by atoms with Gasteiger partial charge in [0.25, 0.3) is 0 Å². The predicted molar refractivity (Wildman–Crippen MR) is 153 cm³/mol. The van der Waals surface area contributed by atoms with Gasteiger partial charge in [0.05, 0.1) is 7.11 Å². The molecule has 2 unspecified atom stereocenters. The van der Waals surface area contributed by atoms with E-state index in [2.05, 4.69) is 46.6 Å². The lowest BCUT2D eigenvalue weighted by Crippen LogP contribution is -2.55. The molecular formula is C24H58O5Si4. The third kappa shape index (κ3) is 19.5. The first-order chi connectivity index (χ1) is 15.5. The molecule has 0 amide bonds. The van der Waals surface area contributed by atoms with Gasteiger partial charge >= 0.3 is 17.1 Å². The van der Waals surface area contributed by atoms with E-state index in [1.807, 2.05) is 0 Å². The molecule has 33 heavy (non-hydrogen) atoms.